The lowest BCUT2D eigenvalue weighted by molar-refractivity contribution is -0.146. The molecule has 2 aliphatic rings. The number of methoxy groups -OCH3 is 1. The van der Waals surface area contributed by atoms with Crippen molar-refractivity contribution in [1.82, 2.24) is 4.90 Å². The van der Waals surface area contributed by atoms with E-state index in [-0.39, 0.29) is 12.0 Å². The number of fused-ring (bicyclic) bond motifs is 2. The van der Waals surface area contributed by atoms with Crippen molar-refractivity contribution >= 4 is 5.97 Å². The SMILES string of the molecule is COC(=O)C(C)N1CCc2cc3c(cc2C1)OCCO3. The molecule has 0 saturated heterocycles. The fourth-order valence-electron chi connectivity index (χ4n) is 2.77. The van der Waals surface area contributed by atoms with Gasteiger partial charge in [0, 0.05) is 13.1 Å². The van der Waals surface area contributed by atoms with Crippen molar-refractivity contribution in [3.63, 3.8) is 0 Å². The summed E-state index contributed by atoms with van der Waals surface area (Å²) >= 11 is 0. The van der Waals surface area contributed by atoms with Crippen LogP contribution < -0.4 is 9.47 Å². The molecule has 0 aromatic heterocycles. The van der Waals surface area contributed by atoms with Crippen molar-refractivity contribution in [3.8, 4) is 11.5 Å². The van der Waals surface area contributed by atoms with Crippen molar-refractivity contribution in [2.45, 2.75) is 25.9 Å². The molecule has 2 heterocycles. The fraction of sp³-hybridized carbons (Fsp3) is 0.533. The first-order chi connectivity index (χ1) is 9.69. The molecule has 0 N–H and O–H groups in total. The van der Waals surface area contributed by atoms with E-state index in [1.165, 1.54) is 18.2 Å². The van der Waals surface area contributed by atoms with Gasteiger partial charge in [0.2, 0.25) is 0 Å². The molecule has 1 atom stereocenters. The Morgan fingerprint density at radius 1 is 1.25 bits per heavy atom. The molecule has 0 amide bonds. The highest BCUT2D eigenvalue weighted by Gasteiger charge is 2.27. The van der Waals surface area contributed by atoms with Gasteiger partial charge in [0.15, 0.2) is 11.5 Å². The van der Waals surface area contributed by atoms with E-state index in [2.05, 4.69) is 11.0 Å². The van der Waals surface area contributed by atoms with Crippen LogP contribution in [-0.2, 0) is 22.5 Å². The molecule has 1 aromatic carbocycles. The minimum absolute atomic E-state index is 0.189. The summed E-state index contributed by atoms with van der Waals surface area (Å²) in [4.78, 5) is 13.8. The van der Waals surface area contributed by atoms with Gasteiger partial charge in [0.25, 0.3) is 0 Å². The van der Waals surface area contributed by atoms with Gasteiger partial charge in [-0.25, -0.2) is 0 Å². The number of ether oxygens (including phenoxy) is 3. The molecule has 0 saturated carbocycles. The van der Waals surface area contributed by atoms with Crippen molar-refractivity contribution < 1.29 is 19.0 Å². The second kappa shape index (κ2) is 5.32. The summed E-state index contributed by atoms with van der Waals surface area (Å²) in [5.41, 5.74) is 2.49. The van der Waals surface area contributed by atoms with Crippen LogP contribution in [0.5, 0.6) is 11.5 Å². The lowest BCUT2D eigenvalue weighted by Gasteiger charge is -2.33. The first-order valence-electron chi connectivity index (χ1n) is 6.92. The van der Waals surface area contributed by atoms with Crippen LogP contribution in [0, 0.1) is 0 Å². The van der Waals surface area contributed by atoms with Gasteiger partial charge in [-0.2, -0.15) is 0 Å². The Morgan fingerprint density at radius 3 is 2.55 bits per heavy atom. The number of hydrogen-bond donors (Lipinski definition) is 0. The summed E-state index contributed by atoms with van der Waals surface area (Å²) in [7, 11) is 1.43. The maximum atomic E-state index is 11.6. The van der Waals surface area contributed by atoms with Crippen molar-refractivity contribution in [1.29, 1.82) is 0 Å². The molecule has 5 nitrogen and oxygen atoms in total. The number of benzene rings is 1. The van der Waals surface area contributed by atoms with Crippen LogP contribution >= 0.6 is 0 Å². The van der Waals surface area contributed by atoms with Crippen LogP contribution in [0.1, 0.15) is 18.1 Å². The molecule has 0 fully saturated rings. The van der Waals surface area contributed by atoms with Gasteiger partial charge >= 0.3 is 5.97 Å². The van der Waals surface area contributed by atoms with E-state index in [0.29, 0.717) is 13.2 Å². The molecule has 20 heavy (non-hydrogen) atoms. The Hall–Kier alpha value is -1.75. The zero-order chi connectivity index (χ0) is 14.1. The average Bonchev–Trinajstić information content (AvgIpc) is 2.50. The zero-order valence-electron chi connectivity index (χ0n) is 11.8. The molecule has 1 aromatic rings. The predicted molar refractivity (Wildman–Crippen MR) is 73.0 cm³/mol. The molecule has 108 valence electrons. The minimum atomic E-state index is -0.221. The van der Waals surface area contributed by atoms with E-state index in [1.54, 1.807) is 0 Å². The average molecular weight is 277 g/mol. The quantitative estimate of drug-likeness (QED) is 0.764. The number of carbonyl (C=O) groups excluding carboxylic acids is 1. The maximum absolute atomic E-state index is 11.6. The van der Waals surface area contributed by atoms with E-state index in [9.17, 15) is 4.79 Å². The third kappa shape index (κ3) is 2.33. The Kier molecular flexibility index (Phi) is 3.53. The Balaban J connectivity index is 1.82. The van der Waals surface area contributed by atoms with Gasteiger partial charge in [0.1, 0.15) is 19.3 Å². The van der Waals surface area contributed by atoms with Gasteiger partial charge in [-0.3, -0.25) is 9.69 Å². The lowest BCUT2D eigenvalue weighted by Crippen LogP contribution is -2.42. The van der Waals surface area contributed by atoms with Gasteiger partial charge in [0.05, 0.1) is 7.11 Å². The van der Waals surface area contributed by atoms with Gasteiger partial charge in [-0.1, -0.05) is 0 Å². The molecule has 0 aliphatic carbocycles. The van der Waals surface area contributed by atoms with Crippen LogP contribution in [0.15, 0.2) is 12.1 Å². The summed E-state index contributed by atoms with van der Waals surface area (Å²) in [6, 6.07) is 3.89. The molecule has 2 aliphatic heterocycles. The summed E-state index contributed by atoms with van der Waals surface area (Å²) in [6.45, 7) is 4.67. The standard InChI is InChI=1S/C15H19NO4/c1-10(15(17)18-2)16-4-3-11-7-13-14(8-12(11)9-16)20-6-5-19-13/h7-8,10H,3-6,9H2,1-2H3. The van der Waals surface area contributed by atoms with Gasteiger partial charge in [-0.15, -0.1) is 0 Å². The van der Waals surface area contributed by atoms with Crippen molar-refractivity contribution in [3.05, 3.63) is 23.3 Å². The summed E-state index contributed by atoms with van der Waals surface area (Å²) in [5, 5.41) is 0. The van der Waals surface area contributed by atoms with E-state index in [4.69, 9.17) is 14.2 Å². The molecule has 0 bridgehead atoms. The number of carbonyl (C=O) groups is 1. The molecular weight excluding hydrogens is 258 g/mol. The molecule has 1 unspecified atom stereocenters. The highest BCUT2D eigenvalue weighted by Crippen LogP contribution is 2.35. The Morgan fingerprint density at radius 2 is 1.90 bits per heavy atom. The monoisotopic (exact) mass is 277 g/mol. The third-order valence-electron chi connectivity index (χ3n) is 4.00. The zero-order valence-corrected chi connectivity index (χ0v) is 11.8. The maximum Gasteiger partial charge on any atom is 0.322 e. The second-order valence-electron chi connectivity index (χ2n) is 5.18. The highest BCUT2D eigenvalue weighted by atomic mass is 16.6. The van der Waals surface area contributed by atoms with E-state index >= 15 is 0 Å². The van der Waals surface area contributed by atoms with Crippen LogP contribution in [0.4, 0.5) is 0 Å². The highest BCUT2D eigenvalue weighted by molar-refractivity contribution is 5.75. The lowest BCUT2D eigenvalue weighted by atomic mass is 9.97. The van der Waals surface area contributed by atoms with Crippen LogP contribution in [-0.4, -0.2) is 43.8 Å². The van der Waals surface area contributed by atoms with Crippen molar-refractivity contribution in [2.24, 2.45) is 0 Å². The van der Waals surface area contributed by atoms with Gasteiger partial charge < -0.3 is 14.2 Å². The summed E-state index contributed by atoms with van der Waals surface area (Å²) in [6.07, 6.45) is 0.910. The van der Waals surface area contributed by atoms with Crippen LogP contribution in [0.2, 0.25) is 0 Å². The normalized spacial score (nSPS) is 19.1. The second-order valence-corrected chi connectivity index (χ2v) is 5.18. The first kappa shape index (κ1) is 13.2. The van der Waals surface area contributed by atoms with Gasteiger partial charge in [-0.05, 0) is 36.6 Å². The van der Waals surface area contributed by atoms with E-state index in [0.717, 1.165) is 31.0 Å². The molecule has 5 heteroatoms. The largest absolute Gasteiger partial charge is 0.486 e. The van der Waals surface area contributed by atoms with Crippen LogP contribution in [0.25, 0.3) is 0 Å². The number of rotatable bonds is 2. The van der Waals surface area contributed by atoms with E-state index < -0.39 is 0 Å². The van der Waals surface area contributed by atoms with E-state index in [1.807, 2.05) is 13.0 Å². The number of esters is 1. The molecular formula is C15H19NO4. The third-order valence-corrected chi connectivity index (χ3v) is 4.00. The topological polar surface area (TPSA) is 48.0 Å². The Labute approximate surface area is 118 Å². The Bertz CT molecular complexity index is 529. The molecule has 0 radical (unpaired) electrons. The number of nitrogens with zero attached hydrogens (tertiary/aromatic N) is 1. The minimum Gasteiger partial charge on any atom is -0.486 e. The first-order valence-corrected chi connectivity index (χ1v) is 6.92. The van der Waals surface area contributed by atoms with Crippen molar-refractivity contribution in [2.75, 3.05) is 26.9 Å². The molecule has 3 rings (SSSR count). The number of hydrogen-bond acceptors (Lipinski definition) is 5. The molecule has 0 spiro atoms. The van der Waals surface area contributed by atoms with Crippen LogP contribution in [0.3, 0.4) is 0 Å². The predicted octanol–water partition coefficient (Wildman–Crippen LogP) is 1.38. The summed E-state index contributed by atoms with van der Waals surface area (Å²) < 4.78 is 16.0. The fourth-order valence-corrected chi connectivity index (χ4v) is 2.77. The smallest absolute Gasteiger partial charge is 0.322 e. The summed E-state index contributed by atoms with van der Waals surface area (Å²) in [5.74, 6) is 1.46.